The first-order valence-electron chi connectivity index (χ1n) is 3.12. The highest BCUT2D eigenvalue weighted by Crippen LogP contribution is 2.13. The van der Waals surface area contributed by atoms with E-state index in [1.165, 1.54) is 0 Å². The van der Waals surface area contributed by atoms with Crippen LogP contribution in [0.25, 0.3) is 0 Å². The molecule has 1 aliphatic heterocycles. The van der Waals surface area contributed by atoms with Crippen LogP contribution in [0.2, 0.25) is 0 Å². The first kappa shape index (κ1) is 7.10. The number of hydrogen-bond donors (Lipinski definition) is 1. The molecule has 54 valence electrons. The number of terminal acetylenes is 1. The number of hydrogen-bond acceptors (Lipinski definition) is 2. The molecule has 1 fully saturated rings. The van der Waals surface area contributed by atoms with Crippen molar-refractivity contribution < 1.29 is 9.90 Å². The highest BCUT2D eigenvalue weighted by Gasteiger charge is 2.31. The maximum Gasteiger partial charge on any atom is 0.309 e. The topological polar surface area (TPSA) is 40.5 Å². The van der Waals surface area contributed by atoms with Crippen LogP contribution in [-0.4, -0.2) is 35.6 Å². The minimum atomic E-state index is -0.715. The molecule has 0 amide bonds. The highest BCUT2D eigenvalue weighted by molar-refractivity contribution is 5.71. The molecule has 1 rings (SSSR count). The fraction of sp³-hybridized carbons (Fsp3) is 0.571. The van der Waals surface area contributed by atoms with Gasteiger partial charge in [0, 0.05) is 13.1 Å². The molecule has 1 saturated heterocycles. The summed E-state index contributed by atoms with van der Waals surface area (Å²) in [5.41, 5.74) is 0. The summed E-state index contributed by atoms with van der Waals surface area (Å²) in [6, 6.07) is 0. The van der Waals surface area contributed by atoms with Gasteiger partial charge in [0.15, 0.2) is 0 Å². The molecule has 0 aromatic carbocycles. The van der Waals surface area contributed by atoms with Gasteiger partial charge in [-0.3, -0.25) is 9.69 Å². The molecule has 0 aromatic rings. The van der Waals surface area contributed by atoms with Gasteiger partial charge in [-0.1, -0.05) is 5.92 Å². The van der Waals surface area contributed by atoms with Crippen molar-refractivity contribution in [1.82, 2.24) is 4.90 Å². The van der Waals surface area contributed by atoms with Crippen molar-refractivity contribution >= 4 is 5.97 Å². The average Bonchev–Trinajstić information content (AvgIpc) is 1.76. The predicted molar refractivity (Wildman–Crippen MR) is 36.4 cm³/mol. The molecule has 0 aromatic heterocycles. The minimum Gasteiger partial charge on any atom is -0.481 e. The smallest absolute Gasteiger partial charge is 0.309 e. The van der Waals surface area contributed by atoms with Gasteiger partial charge in [-0.2, -0.15) is 0 Å². The summed E-state index contributed by atoms with van der Waals surface area (Å²) in [7, 11) is 0. The molecule has 1 aliphatic rings. The fourth-order valence-corrected chi connectivity index (χ4v) is 0.984. The zero-order valence-corrected chi connectivity index (χ0v) is 5.58. The van der Waals surface area contributed by atoms with E-state index in [2.05, 4.69) is 5.92 Å². The number of aliphatic carboxylic acids is 1. The van der Waals surface area contributed by atoms with Crippen LogP contribution >= 0.6 is 0 Å². The zero-order chi connectivity index (χ0) is 7.56. The number of nitrogens with zero attached hydrogens (tertiary/aromatic N) is 1. The molecule has 3 heteroatoms. The zero-order valence-electron chi connectivity index (χ0n) is 5.58. The van der Waals surface area contributed by atoms with E-state index in [1.54, 1.807) is 0 Å². The van der Waals surface area contributed by atoms with Crippen LogP contribution in [0, 0.1) is 18.3 Å². The lowest BCUT2D eigenvalue weighted by atomic mass is 10.0. The Kier molecular flexibility index (Phi) is 1.93. The number of carboxylic acid groups (broad SMARTS) is 1. The number of carboxylic acids is 1. The fourth-order valence-electron chi connectivity index (χ4n) is 0.984. The van der Waals surface area contributed by atoms with Crippen molar-refractivity contribution in [3.63, 3.8) is 0 Å². The lowest BCUT2D eigenvalue weighted by molar-refractivity contribution is -0.147. The maximum absolute atomic E-state index is 10.3. The van der Waals surface area contributed by atoms with E-state index in [0.717, 1.165) is 0 Å². The predicted octanol–water partition coefficient (Wildman–Crippen LogP) is -0.364. The lowest BCUT2D eigenvalue weighted by Gasteiger charge is -2.34. The largest absolute Gasteiger partial charge is 0.481 e. The SMILES string of the molecule is C#CCN1CC(C(=O)O)C1. The van der Waals surface area contributed by atoms with Gasteiger partial charge in [0.25, 0.3) is 0 Å². The van der Waals surface area contributed by atoms with Gasteiger partial charge in [-0.25, -0.2) is 0 Å². The second-order valence-electron chi connectivity index (χ2n) is 2.43. The van der Waals surface area contributed by atoms with E-state index in [4.69, 9.17) is 11.5 Å². The summed E-state index contributed by atoms with van der Waals surface area (Å²) in [5.74, 6) is 1.56. The Labute approximate surface area is 59.6 Å². The molecule has 1 heterocycles. The molecular weight excluding hydrogens is 130 g/mol. The summed E-state index contributed by atoms with van der Waals surface area (Å²) in [4.78, 5) is 12.2. The highest BCUT2D eigenvalue weighted by atomic mass is 16.4. The van der Waals surface area contributed by atoms with Gasteiger partial charge in [0.2, 0.25) is 0 Å². The maximum atomic E-state index is 10.3. The summed E-state index contributed by atoms with van der Waals surface area (Å²) in [6.45, 7) is 1.79. The number of likely N-dealkylation sites (tertiary alicyclic amines) is 1. The Morgan fingerprint density at radius 3 is 2.80 bits per heavy atom. The second-order valence-corrected chi connectivity index (χ2v) is 2.43. The summed E-state index contributed by atoms with van der Waals surface area (Å²) < 4.78 is 0. The van der Waals surface area contributed by atoms with Crippen LogP contribution < -0.4 is 0 Å². The third kappa shape index (κ3) is 1.28. The standard InChI is InChI=1S/C7H9NO2/c1-2-3-8-4-6(5-8)7(9)10/h1,6H,3-5H2,(H,9,10). The Hall–Kier alpha value is -1.01. The molecule has 3 nitrogen and oxygen atoms in total. The molecule has 0 radical (unpaired) electrons. The Bertz CT molecular complexity index is 177. The summed E-state index contributed by atoms with van der Waals surface area (Å²) >= 11 is 0. The van der Waals surface area contributed by atoms with Crippen LogP contribution in [-0.2, 0) is 4.79 Å². The third-order valence-electron chi connectivity index (χ3n) is 1.62. The van der Waals surface area contributed by atoms with E-state index in [1.807, 2.05) is 4.90 Å². The first-order chi connectivity index (χ1) is 4.74. The second kappa shape index (κ2) is 2.72. The molecule has 0 bridgehead atoms. The van der Waals surface area contributed by atoms with E-state index in [9.17, 15) is 4.79 Å². The van der Waals surface area contributed by atoms with Crippen LogP contribution in [0.4, 0.5) is 0 Å². The van der Waals surface area contributed by atoms with Gasteiger partial charge >= 0.3 is 5.97 Å². The van der Waals surface area contributed by atoms with E-state index in [-0.39, 0.29) is 5.92 Å². The van der Waals surface area contributed by atoms with Crippen molar-refractivity contribution in [1.29, 1.82) is 0 Å². The van der Waals surface area contributed by atoms with E-state index in [0.29, 0.717) is 19.6 Å². The Morgan fingerprint density at radius 1 is 1.80 bits per heavy atom. The third-order valence-corrected chi connectivity index (χ3v) is 1.62. The summed E-state index contributed by atoms with van der Waals surface area (Å²) in [6.07, 6.45) is 5.02. The summed E-state index contributed by atoms with van der Waals surface area (Å²) in [5, 5.41) is 8.44. The molecule has 0 unspecified atom stereocenters. The molecule has 1 N–H and O–H groups in total. The molecular formula is C7H9NO2. The van der Waals surface area contributed by atoms with Crippen LogP contribution in [0.3, 0.4) is 0 Å². The van der Waals surface area contributed by atoms with Crippen LogP contribution in [0.1, 0.15) is 0 Å². The molecule has 0 spiro atoms. The number of carbonyl (C=O) groups is 1. The normalized spacial score (nSPS) is 19.5. The van der Waals surface area contributed by atoms with Crippen molar-refractivity contribution in [2.75, 3.05) is 19.6 Å². The minimum absolute atomic E-state index is 0.187. The van der Waals surface area contributed by atoms with Gasteiger partial charge in [0.1, 0.15) is 0 Å². The molecule has 0 saturated carbocycles. The van der Waals surface area contributed by atoms with Gasteiger partial charge in [-0.15, -0.1) is 6.42 Å². The molecule has 10 heavy (non-hydrogen) atoms. The van der Waals surface area contributed by atoms with Gasteiger partial charge < -0.3 is 5.11 Å². The van der Waals surface area contributed by atoms with Crippen molar-refractivity contribution in [3.05, 3.63) is 0 Å². The van der Waals surface area contributed by atoms with Crippen LogP contribution in [0.15, 0.2) is 0 Å². The van der Waals surface area contributed by atoms with Gasteiger partial charge in [-0.05, 0) is 0 Å². The monoisotopic (exact) mass is 139 g/mol. The van der Waals surface area contributed by atoms with Gasteiger partial charge in [0.05, 0.1) is 12.5 Å². The Balaban J connectivity index is 2.19. The van der Waals surface area contributed by atoms with Crippen molar-refractivity contribution in [2.24, 2.45) is 5.92 Å². The number of rotatable bonds is 2. The molecule has 0 aliphatic carbocycles. The van der Waals surface area contributed by atoms with E-state index >= 15 is 0 Å². The average molecular weight is 139 g/mol. The van der Waals surface area contributed by atoms with Crippen molar-refractivity contribution in [3.8, 4) is 12.3 Å². The quantitative estimate of drug-likeness (QED) is 0.531. The van der Waals surface area contributed by atoms with E-state index < -0.39 is 5.97 Å². The first-order valence-corrected chi connectivity index (χ1v) is 3.12. The van der Waals surface area contributed by atoms with Crippen LogP contribution in [0.5, 0.6) is 0 Å². The van der Waals surface area contributed by atoms with Crippen molar-refractivity contribution in [2.45, 2.75) is 0 Å². The Morgan fingerprint density at radius 2 is 2.40 bits per heavy atom. The lowest BCUT2D eigenvalue weighted by Crippen LogP contribution is -2.50. The molecule has 0 atom stereocenters.